The van der Waals surface area contributed by atoms with Gasteiger partial charge in [-0.3, -0.25) is 0 Å². The van der Waals surface area contributed by atoms with E-state index in [0.29, 0.717) is 11.1 Å². The molecular weight excluding hydrogens is 244 g/mol. The van der Waals surface area contributed by atoms with Crippen molar-refractivity contribution in [2.45, 2.75) is 19.9 Å². The molecule has 3 heteroatoms. The van der Waals surface area contributed by atoms with Crippen LogP contribution in [-0.2, 0) is 0 Å². The van der Waals surface area contributed by atoms with E-state index in [1.807, 2.05) is 26.1 Å². The first-order chi connectivity index (χ1) is 9.06. The average molecular weight is 261 g/mol. The Bertz CT molecular complexity index is 593. The maximum absolute atomic E-state index is 14.2. The first-order valence-electron chi connectivity index (χ1n) is 6.27. The summed E-state index contributed by atoms with van der Waals surface area (Å²) in [7, 11) is 1.82. The van der Waals surface area contributed by atoms with Crippen LogP contribution < -0.4 is 5.32 Å². The van der Waals surface area contributed by atoms with Crippen LogP contribution in [0.3, 0.4) is 0 Å². The van der Waals surface area contributed by atoms with E-state index in [1.165, 1.54) is 12.1 Å². The molecule has 0 fully saturated rings. The second-order valence-electron chi connectivity index (χ2n) is 4.65. The molecule has 100 valence electrons. The second-order valence-corrected chi connectivity index (χ2v) is 4.65. The number of benzene rings is 2. The molecule has 0 spiro atoms. The maximum atomic E-state index is 14.2. The molecule has 0 aromatic heterocycles. The SMILES string of the molecule is CNC(C)c1ccccc1-c1c(F)ccc(C)c1F. The smallest absolute Gasteiger partial charge is 0.136 e. The van der Waals surface area contributed by atoms with Gasteiger partial charge in [-0.05, 0) is 43.7 Å². The predicted molar refractivity (Wildman–Crippen MR) is 74.0 cm³/mol. The molecule has 0 saturated heterocycles. The highest BCUT2D eigenvalue weighted by atomic mass is 19.1. The molecule has 0 bridgehead atoms. The van der Waals surface area contributed by atoms with Crippen molar-refractivity contribution in [3.63, 3.8) is 0 Å². The molecule has 1 atom stereocenters. The minimum absolute atomic E-state index is 0.0236. The Hall–Kier alpha value is -1.74. The lowest BCUT2D eigenvalue weighted by molar-refractivity contribution is 0.582. The van der Waals surface area contributed by atoms with E-state index in [-0.39, 0.29) is 11.6 Å². The molecule has 2 aromatic carbocycles. The van der Waals surface area contributed by atoms with Gasteiger partial charge in [0.15, 0.2) is 0 Å². The van der Waals surface area contributed by atoms with Gasteiger partial charge in [-0.2, -0.15) is 0 Å². The average Bonchev–Trinajstić information content (AvgIpc) is 2.43. The lowest BCUT2D eigenvalue weighted by Crippen LogP contribution is -2.13. The normalized spacial score (nSPS) is 12.5. The van der Waals surface area contributed by atoms with E-state index >= 15 is 0 Å². The highest BCUT2D eigenvalue weighted by Crippen LogP contribution is 2.33. The maximum Gasteiger partial charge on any atom is 0.136 e. The fourth-order valence-electron chi connectivity index (χ4n) is 2.16. The summed E-state index contributed by atoms with van der Waals surface area (Å²) in [6, 6.07) is 10.1. The Morgan fingerprint density at radius 1 is 1.05 bits per heavy atom. The Morgan fingerprint density at radius 3 is 2.42 bits per heavy atom. The van der Waals surface area contributed by atoms with Crippen molar-refractivity contribution >= 4 is 0 Å². The van der Waals surface area contributed by atoms with E-state index in [1.54, 1.807) is 19.1 Å². The largest absolute Gasteiger partial charge is 0.313 e. The Kier molecular flexibility index (Phi) is 3.96. The van der Waals surface area contributed by atoms with Gasteiger partial charge in [-0.25, -0.2) is 8.78 Å². The number of hydrogen-bond donors (Lipinski definition) is 1. The first kappa shape index (κ1) is 13.7. The quantitative estimate of drug-likeness (QED) is 0.872. The Labute approximate surface area is 112 Å². The van der Waals surface area contributed by atoms with Crippen LogP contribution in [0.2, 0.25) is 0 Å². The highest BCUT2D eigenvalue weighted by molar-refractivity contribution is 5.70. The molecule has 0 saturated carbocycles. The van der Waals surface area contributed by atoms with Crippen LogP contribution in [0.15, 0.2) is 36.4 Å². The minimum Gasteiger partial charge on any atom is -0.313 e. The van der Waals surface area contributed by atoms with Crippen LogP contribution in [0.1, 0.15) is 24.1 Å². The zero-order valence-electron chi connectivity index (χ0n) is 11.3. The van der Waals surface area contributed by atoms with Gasteiger partial charge < -0.3 is 5.32 Å². The molecule has 1 nitrogen and oxygen atoms in total. The van der Waals surface area contributed by atoms with E-state index in [2.05, 4.69) is 5.32 Å². The lowest BCUT2D eigenvalue weighted by Gasteiger charge is -2.17. The standard InChI is InChI=1S/C16H17F2N/c1-10-8-9-14(17)15(16(10)18)13-7-5-4-6-12(13)11(2)19-3/h4-9,11,19H,1-3H3. The Morgan fingerprint density at radius 2 is 1.74 bits per heavy atom. The lowest BCUT2D eigenvalue weighted by atomic mass is 9.94. The summed E-state index contributed by atoms with van der Waals surface area (Å²) < 4.78 is 28.2. The van der Waals surface area contributed by atoms with Crippen LogP contribution in [0, 0.1) is 18.6 Å². The summed E-state index contributed by atoms with van der Waals surface area (Å²) in [5, 5.41) is 3.10. The molecule has 2 rings (SSSR count). The molecule has 2 aromatic rings. The summed E-state index contributed by atoms with van der Waals surface area (Å²) in [5.74, 6) is -1.02. The van der Waals surface area contributed by atoms with E-state index in [0.717, 1.165) is 5.56 Å². The van der Waals surface area contributed by atoms with Gasteiger partial charge in [0.25, 0.3) is 0 Å². The van der Waals surface area contributed by atoms with Gasteiger partial charge in [0.2, 0.25) is 0 Å². The van der Waals surface area contributed by atoms with Crippen LogP contribution in [0.25, 0.3) is 11.1 Å². The monoisotopic (exact) mass is 261 g/mol. The van der Waals surface area contributed by atoms with Crippen molar-refractivity contribution in [2.75, 3.05) is 7.05 Å². The van der Waals surface area contributed by atoms with Crippen molar-refractivity contribution in [1.82, 2.24) is 5.32 Å². The molecule has 0 radical (unpaired) electrons. The summed E-state index contributed by atoms with van der Waals surface area (Å²) in [5.41, 5.74) is 1.98. The van der Waals surface area contributed by atoms with Gasteiger partial charge in [-0.15, -0.1) is 0 Å². The fourth-order valence-corrected chi connectivity index (χ4v) is 2.16. The van der Waals surface area contributed by atoms with Crippen LogP contribution in [-0.4, -0.2) is 7.05 Å². The topological polar surface area (TPSA) is 12.0 Å². The van der Waals surface area contributed by atoms with Crippen LogP contribution >= 0.6 is 0 Å². The third kappa shape index (κ3) is 2.51. The third-order valence-electron chi connectivity index (χ3n) is 3.41. The second kappa shape index (κ2) is 5.49. The number of aryl methyl sites for hydroxylation is 1. The van der Waals surface area contributed by atoms with Crippen molar-refractivity contribution in [3.05, 3.63) is 59.2 Å². The van der Waals surface area contributed by atoms with Crippen LogP contribution in [0.4, 0.5) is 8.78 Å². The van der Waals surface area contributed by atoms with Crippen LogP contribution in [0.5, 0.6) is 0 Å². The zero-order valence-corrected chi connectivity index (χ0v) is 11.3. The van der Waals surface area contributed by atoms with Crippen molar-refractivity contribution < 1.29 is 8.78 Å². The number of rotatable bonds is 3. The van der Waals surface area contributed by atoms with E-state index in [9.17, 15) is 8.78 Å². The summed E-state index contributed by atoms with van der Waals surface area (Å²) in [4.78, 5) is 0. The molecule has 0 aliphatic heterocycles. The molecule has 0 amide bonds. The molecule has 1 unspecified atom stereocenters. The molecule has 1 N–H and O–H groups in total. The summed E-state index contributed by atoms with van der Waals surface area (Å²) in [6.07, 6.45) is 0. The van der Waals surface area contributed by atoms with Gasteiger partial charge in [0, 0.05) is 6.04 Å². The number of nitrogens with one attached hydrogen (secondary N) is 1. The van der Waals surface area contributed by atoms with Gasteiger partial charge in [0.05, 0.1) is 5.56 Å². The number of hydrogen-bond acceptors (Lipinski definition) is 1. The molecular formula is C16H17F2N. The van der Waals surface area contributed by atoms with Crippen molar-refractivity contribution in [2.24, 2.45) is 0 Å². The molecule has 19 heavy (non-hydrogen) atoms. The highest BCUT2D eigenvalue weighted by Gasteiger charge is 2.18. The van der Waals surface area contributed by atoms with Gasteiger partial charge in [-0.1, -0.05) is 30.3 Å². The van der Waals surface area contributed by atoms with E-state index in [4.69, 9.17) is 0 Å². The summed E-state index contributed by atoms with van der Waals surface area (Å²) in [6.45, 7) is 3.60. The minimum atomic E-state index is -0.529. The van der Waals surface area contributed by atoms with Gasteiger partial charge >= 0.3 is 0 Å². The third-order valence-corrected chi connectivity index (χ3v) is 3.41. The van der Waals surface area contributed by atoms with Gasteiger partial charge in [0.1, 0.15) is 11.6 Å². The fraction of sp³-hybridized carbons (Fsp3) is 0.250. The number of halogens is 2. The zero-order chi connectivity index (χ0) is 14.0. The summed E-state index contributed by atoms with van der Waals surface area (Å²) >= 11 is 0. The van der Waals surface area contributed by atoms with Crippen molar-refractivity contribution in [1.29, 1.82) is 0 Å². The van der Waals surface area contributed by atoms with Crippen molar-refractivity contribution in [3.8, 4) is 11.1 Å². The molecule has 0 aliphatic rings. The van der Waals surface area contributed by atoms with E-state index < -0.39 is 11.6 Å². The molecule has 0 aliphatic carbocycles. The first-order valence-corrected chi connectivity index (χ1v) is 6.27. The Balaban J connectivity index is 2.69. The predicted octanol–water partition coefficient (Wildman–Crippen LogP) is 4.22. The molecule has 0 heterocycles.